The number of hydrogen-bond donors (Lipinski definition) is 0. The van der Waals surface area contributed by atoms with Gasteiger partial charge in [0.15, 0.2) is 0 Å². The fourth-order valence-corrected chi connectivity index (χ4v) is 3.17. The smallest absolute Gasteiger partial charge is 0.416 e. The molecule has 0 saturated carbocycles. The normalized spacial score (nSPS) is 13.8. The van der Waals surface area contributed by atoms with Crippen molar-refractivity contribution < 1.29 is 18.1 Å². The Balaban J connectivity index is 2.14. The van der Waals surface area contributed by atoms with E-state index >= 15 is 0 Å². The number of nitrogens with zero attached hydrogens (tertiary/aromatic N) is 1. The molecule has 1 unspecified atom stereocenters. The third kappa shape index (κ3) is 3.57. The van der Waals surface area contributed by atoms with Gasteiger partial charge in [0, 0.05) is 17.9 Å². The molecule has 18 heavy (non-hydrogen) atoms. The molecule has 2 rings (SSSR count). The second-order valence-corrected chi connectivity index (χ2v) is 6.06. The van der Waals surface area contributed by atoms with Gasteiger partial charge >= 0.3 is 6.72 Å². The zero-order chi connectivity index (χ0) is 12.8. The summed E-state index contributed by atoms with van der Waals surface area (Å²) in [6.07, 6.45) is 1.39. The minimum Gasteiger partial charge on any atom is -0.416 e. The number of hydrogen-bond acceptors (Lipinski definition) is 6. The lowest BCUT2D eigenvalue weighted by Crippen LogP contribution is -2.04. The van der Waals surface area contributed by atoms with Crippen LogP contribution < -0.4 is 9.05 Å². The highest BCUT2D eigenvalue weighted by atomic mass is 32.5. The molecular weight excluding hydrogens is 273 g/mol. The molecule has 7 heteroatoms. The standard InChI is InChI=1S/C11H12NO4PS/c1-2-14-17(18,16-11-8-9-13-12-11)15-10-6-4-3-5-7-10/h3-9H,2H2,1H3. The Labute approximate surface area is 110 Å². The average Bonchev–Trinajstić information content (AvgIpc) is 2.82. The fourth-order valence-electron chi connectivity index (χ4n) is 1.20. The molecule has 1 heterocycles. The van der Waals surface area contributed by atoms with Crippen LogP contribution in [0, 0.1) is 0 Å². The Bertz CT molecular complexity index is 517. The van der Waals surface area contributed by atoms with Gasteiger partial charge in [-0.15, -0.1) is 0 Å². The Hall–Kier alpha value is -1.36. The molecule has 0 N–H and O–H groups in total. The van der Waals surface area contributed by atoms with Crippen LogP contribution in [0.2, 0.25) is 0 Å². The van der Waals surface area contributed by atoms with Gasteiger partial charge in [-0.3, -0.25) is 4.52 Å². The van der Waals surface area contributed by atoms with Gasteiger partial charge in [-0.2, -0.15) is 0 Å². The Morgan fingerprint density at radius 1 is 1.22 bits per heavy atom. The van der Waals surface area contributed by atoms with Crippen molar-refractivity contribution in [3.05, 3.63) is 42.7 Å². The quantitative estimate of drug-likeness (QED) is 0.758. The summed E-state index contributed by atoms with van der Waals surface area (Å²) >= 11 is 5.29. The van der Waals surface area contributed by atoms with E-state index in [-0.39, 0.29) is 5.88 Å². The fraction of sp³-hybridized carbons (Fsp3) is 0.182. The minimum atomic E-state index is -2.92. The molecule has 0 fully saturated rings. The zero-order valence-electron chi connectivity index (χ0n) is 9.68. The van der Waals surface area contributed by atoms with Gasteiger partial charge in [-0.05, 0) is 24.2 Å². The molecule has 1 aromatic carbocycles. The van der Waals surface area contributed by atoms with Crippen LogP contribution >= 0.6 is 6.72 Å². The van der Waals surface area contributed by atoms with Crippen molar-refractivity contribution in [1.29, 1.82) is 0 Å². The molecule has 1 atom stereocenters. The highest BCUT2D eigenvalue weighted by Gasteiger charge is 2.25. The predicted molar refractivity (Wildman–Crippen MR) is 70.1 cm³/mol. The van der Waals surface area contributed by atoms with Crippen LogP contribution in [-0.2, 0) is 16.3 Å². The molecule has 0 aliphatic heterocycles. The molecule has 2 aromatic rings. The number of rotatable bonds is 6. The predicted octanol–water partition coefficient (Wildman–Crippen LogP) is 3.39. The van der Waals surface area contributed by atoms with Crippen molar-refractivity contribution in [3.8, 4) is 11.6 Å². The molecule has 0 aliphatic rings. The maximum absolute atomic E-state index is 5.62. The van der Waals surface area contributed by atoms with Crippen LogP contribution in [-0.4, -0.2) is 11.8 Å². The lowest BCUT2D eigenvalue weighted by molar-refractivity contribution is 0.268. The second-order valence-electron chi connectivity index (χ2n) is 3.20. The van der Waals surface area contributed by atoms with Crippen molar-refractivity contribution >= 4 is 18.5 Å². The summed E-state index contributed by atoms with van der Waals surface area (Å²) in [6, 6.07) is 10.7. The summed E-state index contributed by atoms with van der Waals surface area (Å²) in [4.78, 5) is 0. The van der Waals surface area contributed by atoms with Gasteiger partial charge in [0.05, 0.1) is 6.61 Å². The average molecular weight is 285 g/mol. The second kappa shape index (κ2) is 6.00. The van der Waals surface area contributed by atoms with Crippen molar-refractivity contribution in [1.82, 2.24) is 5.16 Å². The third-order valence-corrected chi connectivity index (χ3v) is 4.05. The molecule has 0 saturated heterocycles. The molecule has 1 aromatic heterocycles. The molecule has 0 bridgehead atoms. The Morgan fingerprint density at radius 3 is 2.61 bits per heavy atom. The van der Waals surface area contributed by atoms with Crippen LogP contribution in [0.15, 0.2) is 47.2 Å². The van der Waals surface area contributed by atoms with Gasteiger partial charge in [-0.25, -0.2) is 0 Å². The van der Waals surface area contributed by atoms with Crippen molar-refractivity contribution in [2.24, 2.45) is 0 Å². The summed E-state index contributed by atoms with van der Waals surface area (Å²) in [6.45, 7) is -0.707. The summed E-state index contributed by atoms with van der Waals surface area (Å²) in [7, 11) is 0. The third-order valence-electron chi connectivity index (χ3n) is 1.87. The summed E-state index contributed by atoms with van der Waals surface area (Å²) in [5.74, 6) is 0.848. The summed E-state index contributed by atoms with van der Waals surface area (Å²) < 4.78 is 21.2. The lowest BCUT2D eigenvalue weighted by atomic mass is 10.3. The molecule has 96 valence electrons. The molecule has 5 nitrogen and oxygen atoms in total. The van der Waals surface area contributed by atoms with Gasteiger partial charge in [-0.1, -0.05) is 18.2 Å². The summed E-state index contributed by atoms with van der Waals surface area (Å²) in [5, 5.41) is 3.63. The molecule has 0 radical (unpaired) electrons. The monoisotopic (exact) mass is 285 g/mol. The van der Waals surface area contributed by atoms with E-state index in [0.717, 1.165) is 0 Å². The van der Waals surface area contributed by atoms with Gasteiger partial charge in [0.25, 0.3) is 5.88 Å². The first-order valence-corrected chi connectivity index (χ1v) is 7.86. The molecule has 0 aliphatic carbocycles. The minimum absolute atomic E-state index is 0.253. The first-order valence-electron chi connectivity index (χ1n) is 5.31. The van der Waals surface area contributed by atoms with E-state index in [4.69, 9.17) is 25.4 Å². The van der Waals surface area contributed by atoms with E-state index in [9.17, 15) is 0 Å². The maximum atomic E-state index is 5.62. The van der Waals surface area contributed by atoms with E-state index < -0.39 is 6.72 Å². The SMILES string of the molecule is CCOP(=S)(Oc1ccccc1)Oc1ccon1. The van der Waals surface area contributed by atoms with Crippen molar-refractivity contribution in [3.63, 3.8) is 0 Å². The summed E-state index contributed by atoms with van der Waals surface area (Å²) in [5.41, 5.74) is 0. The zero-order valence-corrected chi connectivity index (χ0v) is 11.4. The van der Waals surface area contributed by atoms with Crippen LogP contribution in [0.1, 0.15) is 6.92 Å². The van der Waals surface area contributed by atoms with Crippen molar-refractivity contribution in [2.45, 2.75) is 6.92 Å². The maximum Gasteiger partial charge on any atom is 0.436 e. The van der Waals surface area contributed by atoms with E-state index in [2.05, 4.69) is 9.68 Å². The van der Waals surface area contributed by atoms with Crippen LogP contribution in [0.3, 0.4) is 0 Å². The first-order chi connectivity index (χ1) is 8.72. The van der Waals surface area contributed by atoms with Crippen LogP contribution in [0.25, 0.3) is 0 Å². The number of benzene rings is 1. The highest BCUT2D eigenvalue weighted by molar-refractivity contribution is 8.07. The van der Waals surface area contributed by atoms with Gasteiger partial charge < -0.3 is 13.6 Å². The first kappa shape index (κ1) is 13.1. The number of para-hydroxylation sites is 1. The topological polar surface area (TPSA) is 53.7 Å². The van der Waals surface area contributed by atoms with E-state index in [1.54, 1.807) is 18.2 Å². The van der Waals surface area contributed by atoms with Gasteiger partial charge in [0.2, 0.25) is 0 Å². The van der Waals surface area contributed by atoms with E-state index in [0.29, 0.717) is 12.4 Å². The van der Waals surface area contributed by atoms with Crippen molar-refractivity contribution in [2.75, 3.05) is 6.61 Å². The molecule has 0 amide bonds. The number of aromatic nitrogens is 1. The van der Waals surface area contributed by atoms with Crippen LogP contribution in [0.4, 0.5) is 0 Å². The Kier molecular flexibility index (Phi) is 4.36. The van der Waals surface area contributed by atoms with E-state index in [1.807, 2.05) is 25.1 Å². The Morgan fingerprint density at radius 2 is 2.00 bits per heavy atom. The molecular formula is C11H12NO4PS. The van der Waals surface area contributed by atoms with Crippen LogP contribution in [0.5, 0.6) is 11.6 Å². The van der Waals surface area contributed by atoms with E-state index in [1.165, 1.54) is 6.26 Å². The lowest BCUT2D eigenvalue weighted by Gasteiger charge is -2.20. The van der Waals surface area contributed by atoms with Gasteiger partial charge in [0.1, 0.15) is 12.0 Å². The highest BCUT2D eigenvalue weighted by Crippen LogP contribution is 2.49. The molecule has 0 spiro atoms. The largest absolute Gasteiger partial charge is 0.436 e.